The van der Waals surface area contributed by atoms with Crippen LogP contribution in [0.2, 0.25) is 0 Å². The highest BCUT2D eigenvalue weighted by molar-refractivity contribution is 7.19. The number of hydrogen-bond acceptors (Lipinski definition) is 4. The number of rotatable bonds is 3. The third kappa shape index (κ3) is 2.22. The van der Waals surface area contributed by atoms with Gasteiger partial charge >= 0.3 is 5.97 Å². The molecule has 1 N–H and O–H groups in total. The van der Waals surface area contributed by atoms with Gasteiger partial charge in [0.25, 0.3) is 0 Å². The maximum absolute atomic E-state index is 10.6. The fourth-order valence-corrected chi connectivity index (χ4v) is 2.90. The molecule has 0 aliphatic rings. The Morgan fingerprint density at radius 1 is 1.42 bits per heavy atom. The van der Waals surface area contributed by atoms with Gasteiger partial charge < -0.3 is 5.11 Å². The van der Waals surface area contributed by atoms with Crippen molar-refractivity contribution in [1.82, 2.24) is 14.6 Å². The molecule has 3 rings (SSSR count). The van der Waals surface area contributed by atoms with Crippen molar-refractivity contribution in [2.45, 2.75) is 13.3 Å². The Kier molecular flexibility index (Phi) is 2.79. The van der Waals surface area contributed by atoms with Crippen LogP contribution in [0.1, 0.15) is 11.3 Å². The molecule has 0 radical (unpaired) electrons. The highest BCUT2D eigenvalue weighted by Crippen LogP contribution is 2.27. The molecule has 0 spiro atoms. The van der Waals surface area contributed by atoms with Crippen molar-refractivity contribution in [2.75, 3.05) is 0 Å². The predicted molar refractivity (Wildman–Crippen MR) is 72.4 cm³/mol. The highest BCUT2D eigenvalue weighted by Gasteiger charge is 2.12. The van der Waals surface area contributed by atoms with Crippen molar-refractivity contribution in [2.24, 2.45) is 0 Å². The zero-order valence-corrected chi connectivity index (χ0v) is 11.0. The fraction of sp³-hybridized carbons (Fsp3) is 0.154. The molecule has 96 valence electrons. The Morgan fingerprint density at radius 3 is 2.89 bits per heavy atom. The first-order valence-corrected chi connectivity index (χ1v) is 6.58. The summed E-state index contributed by atoms with van der Waals surface area (Å²) >= 11 is 1.46. The van der Waals surface area contributed by atoms with Crippen molar-refractivity contribution in [3.05, 3.63) is 41.7 Å². The summed E-state index contributed by atoms with van der Waals surface area (Å²) in [6.45, 7) is 2.04. The van der Waals surface area contributed by atoms with E-state index in [1.165, 1.54) is 11.3 Å². The van der Waals surface area contributed by atoms with E-state index in [1.807, 2.05) is 31.2 Å². The van der Waals surface area contributed by atoms with E-state index in [4.69, 9.17) is 5.11 Å². The lowest BCUT2D eigenvalue weighted by molar-refractivity contribution is -0.136. The Balaban J connectivity index is 2.02. The van der Waals surface area contributed by atoms with E-state index in [0.717, 1.165) is 21.1 Å². The summed E-state index contributed by atoms with van der Waals surface area (Å²) in [5, 5.41) is 14.1. The molecule has 0 fully saturated rings. The first kappa shape index (κ1) is 11.9. The van der Waals surface area contributed by atoms with Crippen LogP contribution in [-0.4, -0.2) is 25.7 Å². The largest absolute Gasteiger partial charge is 0.481 e. The molecule has 0 unspecified atom stereocenters. The van der Waals surface area contributed by atoms with Crippen molar-refractivity contribution in [3.63, 3.8) is 0 Å². The molecule has 0 atom stereocenters. The van der Waals surface area contributed by atoms with Crippen LogP contribution < -0.4 is 0 Å². The molecular formula is C13H11N3O2S. The van der Waals surface area contributed by atoms with Gasteiger partial charge in [0, 0.05) is 5.56 Å². The minimum Gasteiger partial charge on any atom is -0.481 e. The van der Waals surface area contributed by atoms with Gasteiger partial charge in [0.1, 0.15) is 5.01 Å². The first-order valence-electron chi connectivity index (χ1n) is 5.76. The van der Waals surface area contributed by atoms with Crippen molar-refractivity contribution >= 4 is 22.3 Å². The van der Waals surface area contributed by atoms with Gasteiger partial charge in [-0.3, -0.25) is 4.79 Å². The van der Waals surface area contributed by atoms with Gasteiger partial charge in [-0.2, -0.15) is 5.10 Å². The predicted octanol–water partition coefficient (Wildman–Crippen LogP) is 2.39. The number of aromatic nitrogens is 3. The summed E-state index contributed by atoms with van der Waals surface area (Å²) in [5.41, 5.74) is 2.77. The van der Waals surface area contributed by atoms with Gasteiger partial charge in [-0.15, -0.1) is 0 Å². The lowest BCUT2D eigenvalue weighted by atomic mass is 10.1. The number of benzene rings is 1. The van der Waals surface area contributed by atoms with Crippen LogP contribution in [0.3, 0.4) is 0 Å². The van der Waals surface area contributed by atoms with E-state index in [2.05, 4.69) is 10.1 Å². The topological polar surface area (TPSA) is 67.5 Å². The van der Waals surface area contributed by atoms with Crippen molar-refractivity contribution in [3.8, 4) is 10.6 Å². The van der Waals surface area contributed by atoms with Crippen LogP contribution in [0.15, 0.2) is 30.5 Å². The molecule has 6 heteroatoms. The lowest BCUT2D eigenvalue weighted by Gasteiger charge is -1.99. The average Bonchev–Trinajstić information content (AvgIpc) is 2.86. The second-order valence-corrected chi connectivity index (χ2v) is 5.21. The molecule has 0 aliphatic heterocycles. The summed E-state index contributed by atoms with van der Waals surface area (Å²) in [6.07, 6.45) is 1.59. The smallest absolute Gasteiger partial charge is 0.309 e. The summed E-state index contributed by atoms with van der Waals surface area (Å²) in [7, 11) is 0. The van der Waals surface area contributed by atoms with E-state index < -0.39 is 5.97 Å². The quantitative estimate of drug-likeness (QED) is 0.795. The second kappa shape index (κ2) is 4.47. The molecule has 0 amide bonds. The van der Waals surface area contributed by atoms with Gasteiger partial charge in [0.2, 0.25) is 4.96 Å². The zero-order chi connectivity index (χ0) is 13.4. The lowest BCUT2D eigenvalue weighted by Crippen LogP contribution is -1.99. The van der Waals surface area contributed by atoms with E-state index in [1.54, 1.807) is 10.7 Å². The molecule has 2 heterocycles. The summed E-state index contributed by atoms with van der Waals surface area (Å²) in [5.74, 6) is -0.884. The number of carboxylic acid groups (broad SMARTS) is 1. The summed E-state index contributed by atoms with van der Waals surface area (Å²) < 4.78 is 1.64. The zero-order valence-electron chi connectivity index (χ0n) is 10.2. The molecule has 19 heavy (non-hydrogen) atoms. The Bertz CT molecular complexity index is 729. The average molecular weight is 273 g/mol. The minimum atomic E-state index is -0.884. The third-order valence-electron chi connectivity index (χ3n) is 2.80. The number of nitrogens with zero attached hydrogens (tertiary/aromatic N) is 3. The van der Waals surface area contributed by atoms with E-state index in [9.17, 15) is 4.79 Å². The maximum atomic E-state index is 10.6. The van der Waals surface area contributed by atoms with Crippen molar-refractivity contribution in [1.29, 1.82) is 0 Å². The molecule has 0 aliphatic carbocycles. The standard InChI is InChI=1S/C13H11N3O2S/c1-8-4-2-3-5-10(8)12-15-16-7-9(6-11(17)18)14-13(16)19-12/h2-5,7H,6H2,1H3,(H,17,18). The molecule has 0 saturated carbocycles. The van der Waals surface area contributed by atoms with E-state index >= 15 is 0 Å². The van der Waals surface area contributed by atoms with Crippen LogP contribution in [0.5, 0.6) is 0 Å². The van der Waals surface area contributed by atoms with Crippen LogP contribution in [0, 0.1) is 6.92 Å². The monoisotopic (exact) mass is 273 g/mol. The minimum absolute atomic E-state index is 0.0736. The fourth-order valence-electron chi connectivity index (χ4n) is 1.91. The number of fused-ring (bicyclic) bond motifs is 1. The molecule has 0 bridgehead atoms. The number of aryl methyl sites for hydroxylation is 1. The van der Waals surface area contributed by atoms with E-state index in [0.29, 0.717) is 5.69 Å². The number of hydrogen-bond donors (Lipinski definition) is 1. The van der Waals surface area contributed by atoms with Gasteiger partial charge in [0.05, 0.1) is 18.3 Å². The van der Waals surface area contributed by atoms with Gasteiger partial charge in [-0.1, -0.05) is 35.6 Å². The Labute approximate surface area is 113 Å². The number of carboxylic acids is 1. The van der Waals surface area contributed by atoms with Gasteiger partial charge in [-0.25, -0.2) is 9.50 Å². The molecule has 2 aromatic heterocycles. The summed E-state index contributed by atoms with van der Waals surface area (Å²) in [4.78, 5) is 15.6. The first-order chi connectivity index (χ1) is 9.13. The molecule has 1 aromatic carbocycles. The summed E-state index contributed by atoms with van der Waals surface area (Å²) in [6, 6.07) is 8.02. The van der Waals surface area contributed by atoms with Crippen LogP contribution >= 0.6 is 11.3 Å². The SMILES string of the molecule is Cc1ccccc1-c1nn2cc(CC(=O)O)nc2s1. The Hall–Kier alpha value is -2.21. The molecular weight excluding hydrogens is 262 g/mol. The van der Waals surface area contributed by atoms with Crippen molar-refractivity contribution < 1.29 is 9.90 Å². The van der Waals surface area contributed by atoms with E-state index in [-0.39, 0.29) is 6.42 Å². The Morgan fingerprint density at radius 2 is 2.21 bits per heavy atom. The van der Waals surface area contributed by atoms with Gasteiger partial charge in [0.15, 0.2) is 0 Å². The van der Waals surface area contributed by atoms with Crippen LogP contribution in [-0.2, 0) is 11.2 Å². The number of carbonyl (C=O) groups is 1. The molecule has 5 nitrogen and oxygen atoms in total. The highest BCUT2D eigenvalue weighted by atomic mass is 32.1. The number of imidazole rings is 1. The normalized spacial score (nSPS) is 11.0. The van der Waals surface area contributed by atoms with Crippen LogP contribution in [0.25, 0.3) is 15.5 Å². The third-order valence-corrected chi connectivity index (χ3v) is 3.76. The maximum Gasteiger partial charge on any atom is 0.309 e. The van der Waals surface area contributed by atoms with Gasteiger partial charge in [-0.05, 0) is 12.5 Å². The molecule has 0 saturated heterocycles. The second-order valence-electron chi connectivity index (χ2n) is 4.25. The van der Waals surface area contributed by atoms with Crippen LogP contribution in [0.4, 0.5) is 0 Å². The number of aliphatic carboxylic acids is 1. The molecule has 3 aromatic rings.